The van der Waals surface area contributed by atoms with E-state index in [4.69, 9.17) is 4.74 Å². The molecule has 0 saturated carbocycles. The van der Waals surface area contributed by atoms with Crippen molar-refractivity contribution >= 4 is 17.1 Å². The minimum absolute atomic E-state index is 0.782. The van der Waals surface area contributed by atoms with Gasteiger partial charge in [-0.2, -0.15) is 0 Å². The highest BCUT2D eigenvalue weighted by molar-refractivity contribution is 5.47. The van der Waals surface area contributed by atoms with Gasteiger partial charge in [0, 0.05) is 12.1 Å². The van der Waals surface area contributed by atoms with E-state index in [1.807, 2.05) is 0 Å². The van der Waals surface area contributed by atoms with Crippen LogP contribution in [0.15, 0.2) is 84.9 Å². The number of hydrogen-bond donors (Lipinski definition) is 1. The summed E-state index contributed by atoms with van der Waals surface area (Å²) in [6.45, 7) is 2.96. The Labute approximate surface area is 144 Å². The van der Waals surface area contributed by atoms with E-state index in [-0.39, 0.29) is 0 Å². The van der Waals surface area contributed by atoms with Crippen LogP contribution in [0, 0.1) is 0 Å². The Morgan fingerprint density at radius 2 is 1.17 bits per heavy atom. The fourth-order valence-electron chi connectivity index (χ4n) is 2.76. The van der Waals surface area contributed by atoms with Gasteiger partial charge >= 0.3 is 0 Å². The monoisotopic (exact) mass is 318 g/mol. The number of rotatable bonds is 7. The number of unbranched alkanes of at least 4 members (excludes halogenated alkanes) is 1. The van der Waals surface area contributed by atoms with Crippen LogP contribution in [0.5, 0.6) is 5.75 Å². The van der Waals surface area contributed by atoms with Crippen molar-refractivity contribution in [3.8, 4) is 5.75 Å². The molecule has 0 aliphatic heterocycles. The minimum Gasteiger partial charge on any atom is -0.494 e. The van der Waals surface area contributed by atoms with Crippen LogP contribution in [0.4, 0.5) is 17.1 Å². The van der Waals surface area contributed by atoms with Crippen LogP contribution in [0.1, 0.15) is 19.8 Å². The maximum Gasteiger partial charge on any atom is 0.141 e. The number of hydrogen-bond acceptors (Lipinski definition) is 1. The molecule has 0 aliphatic carbocycles. The highest BCUT2D eigenvalue weighted by Gasteiger charge is 2.18. The van der Waals surface area contributed by atoms with Crippen LogP contribution >= 0.6 is 0 Å². The van der Waals surface area contributed by atoms with Crippen molar-refractivity contribution in [2.75, 3.05) is 6.61 Å². The zero-order valence-electron chi connectivity index (χ0n) is 14.1. The number of quaternary nitrogens is 1. The molecular formula is C22H24NO+. The summed E-state index contributed by atoms with van der Waals surface area (Å²) in [4.78, 5) is 1.25. The lowest BCUT2D eigenvalue weighted by atomic mass is 10.2. The van der Waals surface area contributed by atoms with Gasteiger partial charge in [0.1, 0.15) is 22.8 Å². The summed E-state index contributed by atoms with van der Waals surface area (Å²) < 4.78 is 5.78. The molecule has 3 rings (SSSR count). The van der Waals surface area contributed by atoms with E-state index in [0.29, 0.717) is 0 Å². The zero-order valence-corrected chi connectivity index (χ0v) is 14.1. The average Bonchev–Trinajstić information content (AvgIpc) is 2.65. The predicted molar refractivity (Wildman–Crippen MR) is 99.7 cm³/mol. The first kappa shape index (κ1) is 16.3. The first-order chi connectivity index (χ1) is 11.9. The van der Waals surface area contributed by atoms with Crippen molar-refractivity contribution in [2.24, 2.45) is 0 Å². The fourth-order valence-corrected chi connectivity index (χ4v) is 2.76. The van der Waals surface area contributed by atoms with Crippen molar-refractivity contribution in [3.05, 3.63) is 84.9 Å². The Balaban J connectivity index is 1.89. The summed E-state index contributed by atoms with van der Waals surface area (Å²) in [6.07, 6.45) is 2.24. The molecule has 0 aliphatic rings. The summed E-state index contributed by atoms with van der Waals surface area (Å²) in [5.74, 6) is 0.938. The molecule has 0 atom stereocenters. The van der Waals surface area contributed by atoms with E-state index in [9.17, 15) is 0 Å². The number of benzene rings is 3. The second-order valence-electron chi connectivity index (χ2n) is 5.83. The lowest BCUT2D eigenvalue weighted by Crippen LogP contribution is -2.96. The van der Waals surface area contributed by atoms with Crippen LogP contribution in [0.3, 0.4) is 0 Å². The van der Waals surface area contributed by atoms with Crippen LogP contribution in [0.25, 0.3) is 0 Å². The second kappa shape index (κ2) is 8.32. The second-order valence-corrected chi connectivity index (χ2v) is 5.83. The predicted octanol–water partition coefficient (Wildman–Crippen LogP) is 5.05. The summed E-state index contributed by atoms with van der Waals surface area (Å²) in [7, 11) is 0. The van der Waals surface area contributed by atoms with Crippen LogP contribution in [-0.4, -0.2) is 6.61 Å². The number of nitrogens with one attached hydrogen (secondary N) is 1. The summed E-state index contributed by atoms with van der Waals surface area (Å²) in [5.41, 5.74) is 3.65. The third-order valence-electron chi connectivity index (χ3n) is 4.03. The molecule has 0 spiro atoms. The summed E-state index contributed by atoms with van der Waals surface area (Å²) >= 11 is 0. The fraction of sp³-hybridized carbons (Fsp3) is 0.182. The molecule has 0 radical (unpaired) electrons. The standard InChI is InChI=1S/C22H23NO/c1-2-3-18-24-22-16-14-21(15-17-22)23(19-10-6-4-7-11-19)20-12-8-5-9-13-20/h4-17H,2-3,18H2,1H3/p+1. The average molecular weight is 318 g/mol. The van der Waals surface area contributed by atoms with Crippen molar-refractivity contribution in [1.82, 2.24) is 0 Å². The van der Waals surface area contributed by atoms with Gasteiger partial charge in [-0.3, -0.25) is 0 Å². The smallest absolute Gasteiger partial charge is 0.141 e. The number of ether oxygens (including phenoxy) is 1. The molecule has 2 heteroatoms. The zero-order chi connectivity index (χ0) is 16.6. The van der Waals surface area contributed by atoms with E-state index in [1.165, 1.54) is 22.0 Å². The van der Waals surface area contributed by atoms with Crippen LogP contribution < -0.4 is 9.64 Å². The normalized spacial score (nSPS) is 10.8. The molecule has 3 aromatic rings. The van der Waals surface area contributed by atoms with Gasteiger partial charge in [-0.25, -0.2) is 4.90 Å². The van der Waals surface area contributed by atoms with Crippen molar-refractivity contribution in [2.45, 2.75) is 19.8 Å². The summed E-state index contributed by atoms with van der Waals surface area (Å²) in [5, 5.41) is 0. The topological polar surface area (TPSA) is 13.7 Å². The van der Waals surface area contributed by atoms with Gasteiger partial charge in [-0.05, 0) is 42.8 Å². The molecule has 3 aromatic carbocycles. The first-order valence-electron chi connectivity index (χ1n) is 8.59. The van der Waals surface area contributed by atoms with Gasteiger partial charge in [0.15, 0.2) is 0 Å². The maximum atomic E-state index is 5.78. The van der Waals surface area contributed by atoms with Gasteiger partial charge in [-0.1, -0.05) is 49.7 Å². The Morgan fingerprint density at radius 3 is 1.67 bits per heavy atom. The number of para-hydroxylation sites is 2. The lowest BCUT2D eigenvalue weighted by Gasteiger charge is -2.18. The molecule has 24 heavy (non-hydrogen) atoms. The van der Waals surface area contributed by atoms with Crippen molar-refractivity contribution in [1.29, 1.82) is 0 Å². The molecule has 2 nitrogen and oxygen atoms in total. The maximum absolute atomic E-state index is 5.78. The molecule has 122 valence electrons. The van der Waals surface area contributed by atoms with E-state index >= 15 is 0 Å². The van der Waals surface area contributed by atoms with E-state index in [2.05, 4.69) is 91.9 Å². The van der Waals surface area contributed by atoms with E-state index in [0.717, 1.165) is 25.2 Å². The SMILES string of the molecule is CCCCOc1ccc([NH+](c2ccccc2)c2ccccc2)cc1. The molecular weight excluding hydrogens is 294 g/mol. The molecule has 0 fully saturated rings. The molecule has 0 heterocycles. The third-order valence-corrected chi connectivity index (χ3v) is 4.03. The quantitative estimate of drug-likeness (QED) is 0.602. The van der Waals surface area contributed by atoms with E-state index in [1.54, 1.807) is 0 Å². The minimum atomic E-state index is 0.782. The molecule has 0 saturated heterocycles. The highest BCUT2D eigenvalue weighted by Crippen LogP contribution is 2.18. The molecule has 0 unspecified atom stereocenters. The molecule has 0 bridgehead atoms. The van der Waals surface area contributed by atoms with Crippen molar-refractivity contribution < 1.29 is 9.64 Å². The van der Waals surface area contributed by atoms with Crippen molar-refractivity contribution in [3.63, 3.8) is 0 Å². The Bertz CT molecular complexity index is 683. The molecule has 0 amide bonds. The van der Waals surface area contributed by atoms with Gasteiger partial charge < -0.3 is 4.74 Å². The third kappa shape index (κ3) is 4.03. The highest BCUT2D eigenvalue weighted by atomic mass is 16.5. The van der Waals surface area contributed by atoms with Crippen LogP contribution in [-0.2, 0) is 0 Å². The van der Waals surface area contributed by atoms with Gasteiger partial charge in [-0.15, -0.1) is 0 Å². The van der Waals surface area contributed by atoms with Gasteiger partial charge in [0.05, 0.1) is 6.61 Å². The first-order valence-corrected chi connectivity index (χ1v) is 8.59. The molecule has 1 N–H and O–H groups in total. The summed E-state index contributed by atoms with van der Waals surface area (Å²) in [6, 6.07) is 29.5. The van der Waals surface area contributed by atoms with Crippen LogP contribution in [0.2, 0.25) is 0 Å². The van der Waals surface area contributed by atoms with Gasteiger partial charge in [0.2, 0.25) is 0 Å². The van der Waals surface area contributed by atoms with Gasteiger partial charge in [0.25, 0.3) is 0 Å². The Hall–Kier alpha value is -2.58. The largest absolute Gasteiger partial charge is 0.494 e. The lowest BCUT2D eigenvalue weighted by molar-refractivity contribution is -0.681. The van der Waals surface area contributed by atoms with E-state index < -0.39 is 0 Å². The Kier molecular flexibility index (Phi) is 5.65. The Morgan fingerprint density at radius 1 is 0.667 bits per heavy atom. The molecule has 0 aromatic heterocycles.